The second-order valence-electron chi connectivity index (χ2n) is 5.45. The molecular weight excluding hydrogens is 182 g/mol. The summed E-state index contributed by atoms with van der Waals surface area (Å²) in [7, 11) is 0. The minimum atomic E-state index is 0.778. The van der Waals surface area contributed by atoms with Crippen molar-refractivity contribution in [1.82, 2.24) is 5.32 Å². The van der Waals surface area contributed by atoms with Crippen molar-refractivity contribution in [2.45, 2.75) is 38.5 Å². The summed E-state index contributed by atoms with van der Waals surface area (Å²) in [6.07, 6.45) is 10.8. The number of hydrogen-bond donors (Lipinski definition) is 1. The molecule has 0 amide bonds. The Bertz CT molecular complexity index is 298. The molecule has 0 spiro atoms. The highest BCUT2D eigenvalue weighted by molar-refractivity contribution is 5.22. The smallest absolute Gasteiger partial charge is 0.0330 e. The van der Waals surface area contributed by atoms with Gasteiger partial charge in [-0.15, -0.1) is 0 Å². The van der Waals surface area contributed by atoms with Crippen molar-refractivity contribution < 1.29 is 0 Å². The summed E-state index contributed by atoms with van der Waals surface area (Å²) in [6.45, 7) is 5.15. The molecule has 3 aliphatic carbocycles. The van der Waals surface area contributed by atoms with E-state index in [1.165, 1.54) is 44.2 Å². The van der Waals surface area contributed by atoms with Crippen molar-refractivity contribution in [3.05, 3.63) is 23.9 Å². The van der Waals surface area contributed by atoms with Crippen LogP contribution in [-0.4, -0.2) is 6.54 Å². The first-order valence-electron chi connectivity index (χ1n) is 6.46. The molecule has 1 nitrogen and oxygen atoms in total. The fraction of sp³-hybridized carbons (Fsp3) is 0.714. The second kappa shape index (κ2) is 3.70. The van der Waals surface area contributed by atoms with Crippen LogP contribution in [0.1, 0.15) is 38.5 Å². The van der Waals surface area contributed by atoms with Gasteiger partial charge in [0.05, 0.1) is 0 Å². The molecule has 0 saturated heterocycles. The van der Waals surface area contributed by atoms with E-state index in [4.69, 9.17) is 0 Å². The van der Waals surface area contributed by atoms with Crippen LogP contribution in [0, 0.1) is 17.8 Å². The summed E-state index contributed by atoms with van der Waals surface area (Å²) >= 11 is 0. The van der Waals surface area contributed by atoms with E-state index in [2.05, 4.69) is 18.0 Å². The average molecular weight is 203 g/mol. The molecule has 0 radical (unpaired) electrons. The van der Waals surface area contributed by atoms with Crippen LogP contribution < -0.4 is 5.32 Å². The van der Waals surface area contributed by atoms with Crippen LogP contribution in [0.2, 0.25) is 0 Å². The average Bonchev–Trinajstić information content (AvgIpc) is 2.80. The van der Waals surface area contributed by atoms with Gasteiger partial charge in [-0.05, 0) is 49.9 Å². The maximum atomic E-state index is 4.13. The highest BCUT2D eigenvalue weighted by atomic mass is 14.9. The van der Waals surface area contributed by atoms with Crippen LogP contribution in [0.4, 0.5) is 0 Å². The summed E-state index contributed by atoms with van der Waals surface area (Å²) in [4.78, 5) is 0. The number of rotatable bonds is 4. The molecule has 3 saturated carbocycles. The molecule has 3 aliphatic rings. The van der Waals surface area contributed by atoms with E-state index in [-0.39, 0.29) is 0 Å². The molecule has 0 aromatic rings. The van der Waals surface area contributed by atoms with Crippen LogP contribution in [0.3, 0.4) is 0 Å². The summed E-state index contributed by atoms with van der Waals surface area (Å²) in [5.74, 6) is 2.84. The molecule has 3 fully saturated rings. The maximum absolute atomic E-state index is 4.13. The van der Waals surface area contributed by atoms with Gasteiger partial charge in [-0.25, -0.2) is 0 Å². The molecule has 0 heterocycles. The largest absolute Gasteiger partial charge is 0.385 e. The van der Waals surface area contributed by atoms with Crippen molar-refractivity contribution in [2.75, 3.05) is 6.54 Å². The molecule has 0 aliphatic heterocycles. The molecule has 1 N–H and O–H groups in total. The van der Waals surface area contributed by atoms with E-state index < -0.39 is 0 Å². The highest BCUT2D eigenvalue weighted by Gasteiger charge is 2.43. The van der Waals surface area contributed by atoms with Crippen LogP contribution >= 0.6 is 0 Å². The third-order valence-corrected chi connectivity index (χ3v) is 4.49. The number of hydrogen-bond acceptors (Lipinski definition) is 1. The Hall–Kier alpha value is -0.720. The van der Waals surface area contributed by atoms with Crippen LogP contribution in [0.15, 0.2) is 23.9 Å². The van der Waals surface area contributed by atoms with Gasteiger partial charge in [0, 0.05) is 12.2 Å². The molecular formula is C14H21N. The Morgan fingerprint density at radius 1 is 1.40 bits per heavy atom. The van der Waals surface area contributed by atoms with Gasteiger partial charge in [-0.1, -0.05) is 24.6 Å². The fourth-order valence-corrected chi connectivity index (χ4v) is 3.03. The molecule has 0 bridgehead atoms. The summed E-state index contributed by atoms with van der Waals surface area (Å²) in [5.41, 5.74) is 3.01. The van der Waals surface area contributed by atoms with Gasteiger partial charge in [-0.3, -0.25) is 0 Å². The fourth-order valence-electron chi connectivity index (χ4n) is 3.03. The van der Waals surface area contributed by atoms with Crippen molar-refractivity contribution in [3.8, 4) is 0 Å². The Morgan fingerprint density at radius 3 is 2.80 bits per heavy atom. The van der Waals surface area contributed by atoms with Crippen LogP contribution in [0.25, 0.3) is 0 Å². The van der Waals surface area contributed by atoms with E-state index in [1.807, 2.05) is 0 Å². The van der Waals surface area contributed by atoms with E-state index in [0.717, 1.165) is 24.3 Å². The molecule has 1 heteroatoms. The predicted molar refractivity (Wildman–Crippen MR) is 63.4 cm³/mol. The lowest BCUT2D eigenvalue weighted by Gasteiger charge is -2.27. The normalized spacial score (nSPS) is 36.1. The van der Waals surface area contributed by atoms with E-state index in [1.54, 1.807) is 5.57 Å². The van der Waals surface area contributed by atoms with Gasteiger partial charge in [0.25, 0.3) is 0 Å². The van der Waals surface area contributed by atoms with Gasteiger partial charge < -0.3 is 5.32 Å². The number of fused-ring (bicyclic) bond motifs is 1. The molecule has 82 valence electrons. The topological polar surface area (TPSA) is 12.0 Å². The lowest BCUT2D eigenvalue weighted by Crippen LogP contribution is -2.24. The van der Waals surface area contributed by atoms with Crippen LogP contribution in [0.5, 0.6) is 0 Å². The third kappa shape index (κ3) is 1.84. The summed E-state index contributed by atoms with van der Waals surface area (Å²) < 4.78 is 0. The Morgan fingerprint density at radius 2 is 2.27 bits per heavy atom. The maximum Gasteiger partial charge on any atom is 0.0330 e. The Labute approximate surface area is 92.6 Å². The first-order valence-corrected chi connectivity index (χ1v) is 6.46. The number of nitrogens with one attached hydrogen (secondary N) is 1. The molecule has 2 unspecified atom stereocenters. The minimum absolute atomic E-state index is 0.778. The van der Waals surface area contributed by atoms with Gasteiger partial charge in [0.1, 0.15) is 0 Å². The predicted octanol–water partition coefficient (Wildman–Crippen LogP) is 3.25. The number of allylic oxidation sites excluding steroid dienone is 2. The van der Waals surface area contributed by atoms with E-state index in [9.17, 15) is 0 Å². The van der Waals surface area contributed by atoms with Gasteiger partial charge in [0.15, 0.2) is 0 Å². The Balaban J connectivity index is 1.44. The molecule has 0 aromatic heterocycles. The summed E-state index contributed by atoms with van der Waals surface area (Å²) in [5, 5.41) is 3.48. The lowest BCUT2D eigenvalue weighted by molar-refractivity contribution is 0.353. The second-order valence-corrected chi connectivity index (χ2v) is 5.45. The van der Waals surface area contributed by atoms with E-state index >= 15 is 0 Å². The zero-order valence-electron chi connectivity index (χ0n) is 9.47. The van der Waals surface area contributed by atoms with Crippen molar-refractivity contribution in [2.24, 2.45) is 17.8 Å². The first kappa shape index (κ1) is 9.50. The van der Waals surface area contributed by atoms with Gasteiger partial charge in [-0.2, -0.15) is 0 Å². The third-order valence-electron chi connectivity index (χ3n) is 4.49. The molecule has 2 atom stereocenters. The van der Waals surface area contributed by atoms with Gasteiger partial charge >= 0.3 is 0 Å². The lowest BCUT2D eigenvalue weighted by atomic mass is 9.83. The molecule has 0 aromatic carbocycles. The first-order chi connectivity index (χ1) is 7.34. The molecule has 3 rings (SSSR count). The zero-order valence-corrected chi connectivity index (χ0v) is 9.47. The Kier molecular flexibility index (Phi) is 2.34. The standard InChI is InChI=1S/C14H21N/c1-10(11-3-2-4-11)15-8-7-12-5-6-13-9-14(12)13/h7,11,13-15H,1-6,8-9H2/b12-7-. The van der Waals surface area contributed by atoms with E-state index in [0.29, 0.717) is 0 Å². The quantitative estimate of drug-likeness (QED) is 0.692. The van der Waals surface area contributed by atoms with Crippen molar-refractivity contribution in [1.29, 1.82) is 0 Å². The summed E-state index contributed by atoms with van der Waals surface area (Å²) in [6, 6.07) is 0. The minimum Gasteiger partial charge on any atom is -0.385 e. The molecule has 15 heavy (non-hydrogen) atoms. The van der Waals surface area contributed by atoms with Crippen LogP contribution in [-0.2, 0) is 0 Å². The SMILES string of the molecule is C=C(NC/C=C1/CCC2CC12)C1CCC1. The monoisotopic (exact) mass is 203 g/mol. The van der Waals surface area contributed by atoms with Crippen molar-refractivity contribution in [3.63, 3.8) is 0 Å². The highest BCUT2D eigenvalue weighted by Crippen LogP contribution is 2.54. The zero-order chi connectivity index (χ0) is 10.3. The van der Waals surface area contributed by atoms with Gasteiger partial charge in [0.2, 0.25) is 0 Å². The van der Waals surface area contributed by atoms with Crippen molar-refractivity contribution >= 4 is 0 Å².